The second-order valence-electron chi connectivity index (χ2n) is 6.92. The number of hydrogen-bond donors (Lipinski definition) is 1. The van der Waals surface area contributed by atoms with Crippen LogP contribution in [0.1, 0.15) is 33.2 Å². The maximum absolute atomic E-state index is 13.5. The largest absolute Gasteiger partial charge is 0.465 e. The standard InChI is InChI=1S/C19H20N2O8S2/c1-11-6-12-8-15(30(20,24)25)4-5-17(12)21(11)31(26,27)16-9-13(18(22)28-2)7-14(10-16)19(23)29-3/h4-5,7-11H,6H2,1-3H3,(H2,20,24,25). The van der Waals surface area contributed by atoms with E-state index in [1.807, 2.05) is 0 Å². The molecule has 0 radical (unpaired) electrons. The molecule has 1 aliphatic heterocycles. The Balaban J connectivity index is 2.17. The van der Waals surface area contributed by atoms with Crippen molar-refractivity contribution in [3.8, 4) is 0 Å². The number of carbonyl (C=O) groups is 2. The van der Waals surface area contributed by atoms with Gasteiger partial charge in [-0.2, -0.15) is 0 Å². The van der Waals surface area contributed by atoms with Crippen LogP contribution >= 0.6 is 0 Å². The van der Waals surface area contributed by atoms with Gasteiger partial charge in [0.25, 0.3) is 10.0 Å². The molecule has 1 aliphatic rings. The van der Waals surface area contributed by atoms with Crippen molar-refractivity contribution in [2.75, 3.05) is 18.5 Å². The number of fused-ring (bicyclic) bond motifs is 1. The summed E-state index contributed by atoms with van der Waals surface area (Å²) >= 11 is 0. The van der Waals surface area contributed by atoms with Gasteiger partial charge < -0.3 is 9.47 Å². The Morgan fingerprint density at radius 1 is 0.935 bits per heavy atom. The minimum absolute atomic E-state index is 0.127. The molecule has 0 aromatic heterocycles. The van der Waals surface area contributed by atoms with Crippen molar-refractivity contribution in [2.45, 2.75) is 29.2 Å². The van der Waals surface area contributed by atoms with Crippen LogP contribution in [0.15, 0.2) is 46.2 Å². The van der Waals surface area contributed by atoms with E-state index in [0.717, 1.165) is 30.7 Å². The van der Waals surface area contributed by atoms with E-state index in [4.69, 9.17) is 5.14 Å². The zero-order valence-electron chi connectivity index (χ0n) is 16.9. The van der Waals surface area contributed by atoms with Crippen molar-refractivity contribution in [1.29, 1.82) is 0 Å². The first kappa shape index (κ1) is 22.7. The number of ether oxygens (including phenoxy) is 2. The summed E-state index contributed by atoms with van der Waals surface area (Å²) in [6.07, 6.45) is 0.248. The SMILES string of the molecule is COC(=O)c1cc(C(=O)OC)cc(S(=O)(=O)N2c3ccc(S(N)(=O)=O)cc3CC2C)c1. The van der Waals surface area contributed by atoms with Crippen LogP contribution in [-0.4, -0.2) is 49.0 Å². The molecule has 0 saturated carbocycles. The topological polar surface area (TPSA) is 150 Å². The van der Waals surface area contributed by atoms with E-state index in [1.54, 1.807) is 6.92 Å². The van der Waals surface area contributed by atoms with E-state index in [1.165, 1.54) is 24.3 Å². The van der Waals surface area contributed by atoms with E-state index in [0.29, 0.717) is 5.56 Å². The molecule has 1 unspecified atom stereocenters. The summed E-state index contributed by atoms with van der Waals surface area (Å²) in [5.41, 5.74) is 0.490. The lowest BCUT2D eigenvalue weighted by Crippen LogP contribution is -2.36. The minimum atomic E-state index is -4.24. The van der Waals surface area contributed by atoms with E-state index >= 15 is 0 Å². The number of primary sulfonamides is 1. The van der Waals surface area contributed by atoms with Crippen molar-refractivity contribution >= 4 is 37.7 Å². The van der Waals surface area contributed by atoms with Gasteiger partial charge >= 0.3 is 11.9 Å². The Hall–Kier alpha value is -2.96. The van der Waals surface area contributed by atoms with Gasteiger partial charge in [-0.3, -0.25) is 4.31 Å². The minimum Gasteiger partial charge on any atom is -0.465 e. The molecular formula is C19H20N2O8S2. The third-order valence-corrected chi connectivity index (χ3v) is 7.66. The van der Waals surface area contributed by atoms with Gasteiger partial charge in [-0.05, 0) is 55.3 Å². The quantitative estimate of drug-likeness (QED) is 0.640. The van der Waals surface area contributed by atoms with E-state index in [-0.39, 0.29) is 33.0 Å². The third-order valence-electron chi connectivity index (χ3n) is 4.84. The van der Waals surface area contributed by atoms with Crippen molar-refractivity contribution in [3.63, 3.8) is 0 Å². The fourth-order valence-corrected chi connectivity index (χ4v) is 5.78. The number of nitrogens with zero attached hydrogens (tertiary/aromatic N) is 1. The zero-order valence-corrected chi connectivity index (χ0v) is 18.5. The van der Waals surface area contributed by atoms with Crippen LogP contribution in [-0.2, 0) is 35.9 Å². The second kappa shape index (κ2) is 7.94. The number of anilines is 1. The van der Waals surface area contributed by atoms with Gasteiger partial charge in [0.15, 0.2) is 0 Å². The lowest BCUT2D eigenvalue weighted by molar-refractivity contribution is 0.0598. The number of rotatable bonds is 5. The Kier molecular flexibility index (Phi) is 5.82. The summed E-state index contributed by atoms with van der Waals surface area (Å²) in [5.74, 6) is -1.65. The molecule has 10 nitrogen and oxygen atoms in total. The van der Waals surface area contributed by atoms with E-state index in [9.17, 15) is 26.4 Å². The summed E-state index contributed by atoms with van der Waals surface area (Å²) in [6.45, 7) is 1.65. The van der Waals surface area contributed by atoms with Gasteiger partial charge in [0.2, 0.25) is 10.0 Å². The highest BCUT2D eigenvalue weighted by molar-refractivity contribution is 7.93. The van der Waals surface area contributed by atoms with Crippen LogP contribution in [0.3, 0.4) is 0 Å². The van der Waals surface area contributed by atoms with Gasteiger partial charge in [-0.25, -0.2) is 31.6 Å². The molecule has 0 bridgehead atoms. The number of hydrogen-bond acceptors (Lipinski definition) is 8. The molecule has 0 spiro atoms. The van der Waals surface area contributed by atoms with E-state index in [2.05, 4.69) is 9.47 Å². The summed E-state index contributed by atoms with van der Waals surface area (Å²) in [5, 5.41) is 5.17. The normalized spacial score (nSPS) is 16.0. The lowest BCUT2D eigenvalue weighted by atomic mass is 10.1. The van der Waals surface area contributed by atoms with Gasteiger partial charge in [-0.15, -0.1) is 0 Å². The lowest BCUT2D eigenvalue weighted by Gasteiger charge is -2.25. The Morgan fingerprint density at radius 2 is 1.48 bits per heavy atom. The van der Waals surface area contributed by atoms with Gasteiger partial charge in [-0.1, -0.05) is 0 Å². The summed E-state index contributed by atoms with van der Waals surface area (Å²) in [7, 11) is -5.94. The van der Waals surface area contributed by atoms with Crippen LogP contribution in [0, 0.1) is 0 Å². The molecule has 2 aromatic carbocycles. The Bertz CT molecular complexity index is 1250. The molecule has 3 rings (SSSR count). The van der Waals surface area contributed by atoms with E-state index < -0.39 is 38.0 Å². The molecule has 2 N–H and O–H groups in total. The Labute approximate surface area is 179 Å². The fourth-order valence-electron chi connectivity index (χ4n) is 3.46. The highest BCUT2D eigenvalue weighted by Gasteiger charge is 2.37. The molecule has 1 atom stereocenters. The van der Waals surface area contributed by atoms with Crippen molar-refractivity contribution in [2.24, 2.45) is 5.14 Å². The third kappa shape index (κ3) is 4.13. The molecule has 166 valence electrons. The molecule has 2 aromatic rings. The molecular weight excluding hydrogens is 448 g/mol. The Morgan fingerprint density at radius 3 is 1.97 bits per heavy atom. The smallest absolute Gasteiger partial charge is 0.337 e. The average molecular weight is 469 g/mol. The monoisotopic (exact) mass is 468 g/mol. The fraction of sp³-hybridized carbons (Fsp3) is 0.263. The number of benzene rings is 2. The first-order chi connectivity index (χ1) is 14.4. The van der Waals surface area contributed by atoms with Gasteiger partial charge in [0.05, 0.1) is 40.8 Å². The molecule has 12 heteroatoms. The number of esters is 2. The summed E-state index contributed by atoms with van der Waals surface area (Å²) in [4.78, 5) is 23.6. The predicted molar refractivity (Wildman–Crippen MR) is 110 cm³/mol. The molecule has 0 aliphatic carbocycles. The zero-order chi connectivity index (χ0) is 23.1. The average Bonchev–Trinajstić information content (AvgIpc) is 3.07. The number of carbonyl (C=O) groups excluding carboxylic acids is 2. The molecule has 31 heavy (non-hydrogen) atoms. The number of sulfonamides is 2. The number of methoxy groups -OCH3 is 2. The highest BCUT2D eigenvalue weighted by atomic mass is 32.2. The molecule has 0 fully saturated rings. The van der Waals surface area contributed by atoms with Crippen molar-refractivity contribution in [1.82, 2.24) is 0 Å². The van der Waals surface area contributed by atoms with Crippen molar-refractivity contribution in [3.05, 3.63) is 53.1 Å². The molecule has 0 saturated heterocycles. The van der Waals surface area contributed by atoms with Crippen LogP contribution in [0.25, 0.3) is 0 Å². The van der Waals surface area contributed by atoms with Crippen molar-refractivity contribution < 1.29 is 35.9 Å². The number of nitrogens with two attached hydrogens (primary N) is 1. The van der Waals surface area contributed by atoms with Gasteiger partial charge in [0, 0.05) is 6.04 Å². The van der Waals surface area contributed by atoms with Crippen LogP contribution in [0.2, 0.25) is 0 Å². The maximum atomic E-state index is 13.5. The van der Waals surface area contributed by atoms with Crippen LogP contribution in [0.4, 0.5) is 5.69 Å². The first-order valence-electron chi connectivity index (χ1n) is 8.92. The second-order valence-corrected chi connectivity index (χ2v) is 10.3. The van der Waals surface area contributed by atoms with Crippen LogP contribution in [0.5, 0.6) is 0 Å². The first-order valence-corrected chi connectivity index (χ1v) is 11.9. The van der Waals surface area contributed by atoms with Gasteiger partial charge in [0.1, 0.15) is 0 Å². The van der Waals surface area contributed by atoms with Crippen LogP contribution < -0.4 is 9.44 Å². The maximum Gasteiger partial charge on any atom is 0.337 e. The summed E-state index contributed by atoms with van der Waals surface area (Å²) in [6, 6.07) is 6.76. The summed E-state index contributed by atoms with van der Waals surface area (Å²) < 4.78 is 60.7. The molecule has 1 heterocycles. The molecule has 0 amide bonds. The highest BCUT2D eigenvalue weighted by Crippen LogP contribution is 2.38. The predicted octanol–water partition coefficient (Wildman–Crippen LogP) is 1.05.